The predicted octanol–water partition coefficient (Wildman–Crippen LogP) is 3.28. The van der Waals surface area contributed by atoms with Crippen LogP contribution in [0.15, 0.2) is 15.2 Å². The van der Waals surface area contributed by atoms with Crippen LogP contribution < -0.4 is 0 Å². The Bertz CT molecular complexity index is 438. The molecule has 0 aliphatic carbocycles. The zero-order valence-corrected chi connectivity index (χ0v) is 9.94. The molecule has 0 bridgehead atoms. The van der Waals surface area contributed by atoms with Gasteiger partial charge in [0.15, 0.2) is 0 Å². The number of hydrogen-bond acceptors (Lipinski definition) is 4. The standard InChI is InChI=1S/C10H11ClN2OS/c1-7-5-15-6-8(7)10-13-12-9(14-10)3-2-4-11/h5-6H,2-4H2,1H3. The Hall–Kier alpha value is -0.870. The molecule has 0 aliphatic heterocycles. The molecule has 0 atom stereocenters. The summed E-state index contributed by atoms with van der Waals surface area (Å²) in [6, 6.07) is 0. The Morgan fingerprint density at radius 3 is 2.93 bits per heavy atom. The quantitative estimate of drug-likeness (QED) is 0.773. The van der Waals surface area contributed by atoms with Gasteiger partial charge >= 0.3 is 0 Å². The molecule has 3 nitrogen and oxygen atoms in total. The third-order valence-electron chi connectivity index (χ3n) is 2.08. The first kappa shape index (κ1) is 10.6. The molecule has 0 radical (unpaired) electrons. The molecule has 0 saturated heterocycles. The Balaban J connectivity index is 2.17. The van der Waals surface area contributed by atoms with Crippen molar-refractivity contribution >= 4 is 22.9 Å². The van der Waals surface area contributed by atoms with Gasteiger partial charge in [-0.2, -0.15) is 11.3 Å². The first-order valence-corrected chi connectivity index (χ1v) is 6.20. The molecule has 0 N–H and O–H groups in total. The highest BCUT2D eigenvalue weighted by Crippen LogP contribution is 2.25. The van der Waals surface area contributed by atoms with Crippen LogP contribution in [0.25, 0.3) is 11.5 Å². The zero-order valence-electron chi connectivity index (χ0n) is 8.36. The number of alkyl halides is 1. The summed E-state index contributed by atoms with van der Waals surface area (Å²) in [6.07, 6.45) is 1.62. The number of rotatable bonds is 4. The third kappa shape index (κ3) is 2.38. The molecule has 2 aromatic rings. The molecule has 0 saturated carbocycles. The van der Waals surface area contributed by atoms with Crippen molar-refractivity contribution in [3.05, 3.63) is 22.2 Å². The molecule has 0 spiro atoms. The van der Waals surface area contributed by atoms with E-state index in [9.17, 15) is 0 Å². The van der Waals surface area contributed by atoms with Gasteiger partial charge in [-0.3, -0.25) is 0 Å². The minimum Gasteiger partial charge on any atom is -0.421 e. The van der Waals surface area contributed by atoms with Gasteiger partial charge in [0.2, 0.25) is 11.8 Å². The summed E-state index contributed by atoms with van der Waals surface area (Å²) in [6.45, 7) is 2.04. The van der Waals surface area contributed by atoms with E-state index in [-0.39, 0.29) is 0 Å². The highest BCUT2D eigenvalue weighted by atomic mass is 35.5. The van der Waals surface area contributed by atoms with Crippen molar-refractivity contribution in [2.75, 3.05) is 5.88 Å². The maximum atomic E-state index is 5.59. The molecule has 5 heteroatoms. The van der Waals surface area contributed by atoms with Crippen LogP contribution in [-0.2, 0) is 6.42 Å². The minimum atomic E-state index is 0.610. The number of halogens is 1. The van der Waals surface area contributed by atoms with Gasteiger partial charge in [0, 0.05) is 17.7 Å². The van der Waals surface area contributed by atoms with Crippen LogP contribution in [0, 0.1) is 6.92 Å². The molecular weight excluding hydrogens is 232 g/mol. The maximum absolute atomic E-state index is 5.59. The molecular formula is C10H11ClN2OS. The second-order valence-electron chi connectivity index (χ2n) is 3.26. The highest BCUT2D eigenvalue weighted by Gasteiger charge is 2.10. The van der Waals surface area contributed by atoms with Crippen molar-refractivity contribution in [2.24, 2.45) is 0 Å². The largest absolute Gasteiger partial charge is 0.421 e. The third-order valence-corrected chi connectivity index (χ3v) is 3.21. The molecule has 0 aliphatic rings. The molecule has 0 aromatic carbocycles. The van der Waals surface area contributed by atoms with Crippen molar-refractivity contribution in [3.63, 3.8) is 0 Å². The van der Waals surface area contributed by atoms with E-state index in [4.69, 9.17) is 16.0 Å². The van der Waals surface area contributed by atoms with Gasteiger partial charge in [-0.1, -0.05) is 0 Å². The molecule has 0 amide bonds. The topological polar surface area (TPSA) is 38.9 Å². The lowest BCUT2D eigenvalue weighted by Crippen LogP contribution is -1.85. The Morgan fingerprint density at radius 2 is 2.27 bits per heavy atom. The normalized spacial score (nSPS) is 10.8. The summed E-state index contributed by atoms with van der Waals surface area (Å²) >= 11 is 7.23. The SMILES string of the molecule is Cc1cscc1-c1nnc(CCCCl)o1. The van der Waals surface area contributed by atoms with E-state index >= 15 is 0 Å². The Kier molecular flexibility index (Phi) is 3.38. The average molecular weight is 243 g/mol. The van der Waals surface area contributed by atoms with Gasteiger partial charge in [-0.05, 0) is 24.3 Å². The molecule has 80 valence electrons. The zero-order chi connectivity index (χ0) is 10.7. The second-order valence-corrected chi connectivity index (χ2v) is 4.38. The summed E-state index contributed by atoms with van der Waals surface area (Å²) in [7, 11) is 0. The Labute approximate surface area is 97.1 Å². The number of thiophene rings is 1. The monoisotopic (exact) mass is 242 g/mol. The van der Waals surface area contributed by atoms with Crippen LogP contribution in [0.2, 0.25) is 0 Å². The number of nitrogens with zero attached hydrogens (tertiary/aromatic N) is 2. The maximum Gasteiger partial charge on any atom is 0.248 e. The van der Waals surface area contributed by atoms with Crippen LogP contribution in [0.3, 0.4) is 0 Å². The lowest BCUT2D eigenvalue weighted by molar-refractivity contribution is 0.502. The van der Waals surface area contributed by atoms with E-state index in [1.807, 2.05) is 12.3 Å². The van der Waals surface area contributed by atoms with E-state index in [0.717, 1.165) is 18.4 Å². The smallest absolute Gasteiger partial charge is 0.248 e. The van der Waals surface area contributed by atoms with Crippen LogP contribution in [0.5, 0.6) is 0 Å². The predicted molar refractivity (Wildman–Crippen MR) is 61.4 cm³/mol. The van der Waals surface area contributed by atoms with Gasteiger partial charge in [0.25, 0.3) is 0 Å². The van der Waals surface area contributed by atoms with Gasteiger partial charge in [0.05, 0.1) is 5.56 Å². The van der Waals surface area contributed by atoms with E-state index in [1.165, 1.54) is 5.56 Å². The first-order chi connectivity index (χ1) is 7.31. The second kappa shape index (κ2) is 4.77. The fraction of sp³-hybridized carbons (Fsp3) is 0.400. The van der Waals surface area contributed by atoms with Crippen LogP contribution in [-0.4, -0.2) is 16.1 Å². The van der Waals surface area contributed by atoms with Crippen LogP contribution >= 0.6 is 22.9 Å². The number of aromatic nitrogens is 2. The Morgan fingerprint density at radius 1 is 1.40 bits per heavy atom. The summed E-state index contributed by atoms with van der Waals surface area (Å²) in [5.41, 5.74) is 2.21. The van der Waals surface area contributed by atoms with Crippen molar-refractivity contribution in [2.45, 2.75) is 19.8 Å². The molecule has 2 heterocycles. The first-order valence-electron chi connectivity index (χ1n) is 4.73. The van der Waals surface area contributed by atoms with E-state index in [0.29, 0.717) is 17.7 Å². The summed E-state index contributed by atoms with van der Waals surface area (Å²) in [5.74, 6) is 1.89. The number of hydrogen-bond donors (Lipinski definition) is 0. The van der Waals surface area contributed by atoms with Gasteiger partial charge in [0.1, 0.15) is 0 Å². The molecule has 2 aromatic heterocycles. The lowest BCUT2D eigenvalue weighted by Gasteiger charge is -1.91. The molecule has 15 heavy (non-hydrogen) atoms. The summed E-state index contributed by atoms with van der Waals surface area (Å²) in [4.78, 5) is 0. The van der Waals surface area contributed by atoms with E-state index in [2.05, 4.69) is 15.6 Å². The fourth-order valence-electron chi connectivity index (χ4n) is 1.26. The molecule has 0 unspecified atom stereocenters. The number of aryl methyl sites for hydroxylation is 2. The molecule has 0 fully saturated rings. The van der Waals surface area contributed by atoms with Crippen LogP contribution in [0.1, 0.15) is 17.9 Å². The lowest BCUT2D eigenvalue weighted by atomic mass is 10.2. The van der Waals surface area contributed by atoms with E-state index < -0.39 is 0 Å². The van der Waals surface area contributed by atoms with Crippen LogP contribution in [0.4, 0.5) is 0 Å². The average Bonchev–Trinajstić information content (AvgIpc) is 2.83. The fourth-order valence-corrected chi connectivity index (χ4v) is 2.22. The van der Waals surface area contributed by atoms with Crippen molar-refractivity contribution in [1.82, 2.24) is 10.2 Å². The van der Waals surface area contributed by atoms with Gasteiger partial charge in [-0.25, -0.2) is 0 Å². The highest BCUT2D eigenvalue weighted by molar-refractivity contribution is 7.08. The van der Waals surface area contributed by atoms with Gasteiger partial charge < -0.3 is 4.42 Å². The van der Waals surface area contributed by atoms with Crippen molar-refractivity contribution < 1.29 is 4.42 Å². The molecule has 2 rings (SSSR count). The van der Waals surface area contributed by atoms with E-state index in [1.54, 1.807) is 11.3 Å². The van der Waals surface area contributed by atoms with Crippen molar-refractivity contribution in [3.8, 4) is 11.5 Å². The van der Waals surface area contributed by atoms with Gasteiger partial charge in [-0.15, -0.1) is 21.8 Å². The van der Waals surface area contributed by atoms with Crippen molar-refractivity contribution in [1.29, 1.82) is 0 Å². The minimum absolute atomic E-state index is 0.610. The summed E-state index contributed by atoms with van der Waals surface area (Å²) in [5, 5.41) is 12.1. The summed E-state index contributed by atoms with van der Waals surface area (Å²) < 4.78 is 5.54.